The van der Waals surface area contributed by atoms with Gasteiger partial charge < -0.3 is 75.8 Å². The van der Waals surface area contributed by atoms with Gasteiger partial charge in [-0.1, -0.05) is 81.4 Å². The van der Waals surface area contributed by atoms with Crippen LogP contribution in [0.3, 0.4) is 0 Å². The van der Waals surface area contributed by atoms with E-state index < -0.39 is 170 Å². The number of ether oxygens (including phenoxy) is 16. The van der Waals surface area contributed by atoms with Crippen molar-refractivity contribution in [1.29, 1.82) is 0 Å². The minimum atomic E-state index is -1.62. The highest BCUT2D eigenvalue weighted by Crippen LogP contribution is 2.40. The van der Waals surface area contributed by atoms with Crippen LogP contribution >= 0.6 is 0 Å². The number of aromatic nitrogens is 6. The molecular formula is C62H80N6O24. The molecule has 4 fully saturated rings. The molecule has 2 aromatic carbocycles. The Balaban J connectivity index is 1.02. The van der Waals surface area contributed by atoms with Gasteiger partial charge in [-0.25, -0.2) is 14.3 Å². The second kappa shape index (κ2) is 32.1. The smallest absolute Gasteiger partial charge is 0.338 e. The second-order valence-electron chi connectivity index (χ2n) is 22.7. The van der Waals surface area contributed by atoms with Gasteiger partial charge in [0.05, 0.1) is 55.5 Å². The van der Waals surface area contributed by atoms with Gasteiger partial charge in [0.2, 0.25) is 0 Å². The molecule has 0 aliphatic carbocycles. The lowest BCUT2D eigenvalue weighted by Crippen LogP contribution is -2.67. The van der Waals surface area contributed by atoms with Crippen LogP contribution in [-0.4, -0.2) is 188 Å². The molecule has 0 radical (unpaired) electrons. The van der Waals surface area contributed by atoms with E-state index in [1.165, 1.54) is 16.3 Å². The van der Waals surface area contributed by atoms with Crippen LogP contribution < -0.4 is 0 Å². The first kappa shape index (κ1) is 70.0. The average Bonchev–Trinajstić information content (AvgIpc) is 0.813. The van der Waals surface area contributed by atoms with E-state index in [4.69, 9.17) is 75.8 Å². The number of nitrogens with zero attached hydrogens (tertiary/aromatic N) is 6. The van der Waals surface area contributed by atoms with Gasteiger partial charge in [-0.2, -0.15) is 0 Å². The number of esters is 8. The van der Waals surface area contributed by atoms with Crippen molar-refractivity contribution in [1.82, 2.24) is 30.0 Å². The molecule has 2 aromatic heterocycles. The van der Waals surface area contributed by atoms with Crippen molar-refractivity contribution in [3.8, 4) is 0 Å². The zero-order valence-electron chi connectivity index (χ0n) is 53.2. The molecule has 0 amide bonds. The first-order chi connectivity index (χ1) is 43.9. The number of benzene rings is 2. The lowest BCUT2D eigenvalue weighted by atomic mass is 9.90. The predicted octanol–water partition coefficient (Wildman–Crippen LogP) is 4.35. The maximum Gasteiger partial charge on any atom is 0.338 e. The molecule has 0 N–H and O–H groups in total. The lowest BCUT2D eigenvalue weighted by Gasteiger charge is -2.50. The van der Waals surface area contributed by atoms with E-state index in [0.717, 1.165) is 34.6 Å². The van der Waals surface area contributed by atoms with Gasteiger partial charge in [-0.05, 0) is 43.5 Å². The Morgan fingerprint density at radius 2 is 0.761 bits per heavy atom. The van der Waals surface area contributed by atoms with Gasteiger partial charge in [-0.15, -0.1) is 10.2 Å². The monoisotopic (exact) mass is 1290 g/mol. The Morgan fingerprint density at radius 3 is 1.21 bits per heavy atom. The zero-order chi connectivity index (χ0) is 66.5. The van der Waals surface area contributed by atoms with Crippen molar-refractivity contribution in [2.24, 2.45) is 18.9 Å². The minimum Gasteiger partial charge on any atom is -0.459 e. The molecule has 6 heterocycles. The Kier molecular flexibility index (Phi) is 24.5. The molecule has 502 valence electrons. The number of aryl methyl sites for hydroxylation is 1. The molecule has 4 aliphatic heterocycles. The first-order valence-electron chi connectivity index (χ1n) is 30.4. The molecule has 30 nitrogen and oxygen atoms in total. The van der Waals surface area contributed by atoms with Gasteiger partial charge in [0.15, 0.2) is 61.8 Å². The summed E-state index contributed by atoms with van der Waals surface area (Å²) in [6.45, 7) is 15.1. The van der Waals surface area contributed by atoms with E-state index in [-0.39, 0.29) is 50.1 Å². The van der Waals surface area contributed by atoms with E-state index in [1.807, 2.05) is 0 Å². The number of rotatable bonds is 25. The highest BCUT2D eigenvalue weighted by atomic mass is 16.8. The summed E-state index contributed by atoms with van der Waals surface area (Å²) < 4.78 is 102. The fourth-order valence-electron chi connectivity index (χ4n) is 11.5. The molecule has 0 spiro atoms. The fraction of sp³-hybridized carbons (Fsp3) is 0.613. The summed E-state index contributed by atoms with van der Waals surface area (Å²) in [5, 5.41) is 16.8. The van der Waals surface area contributed by atoms with Crippen LogP contribution in [-0.2, 0) is 131 Å². The molecule has 8 rings (SSSR count). The van der Waals surface area contributed by atoms with Crippen molar-refractivity contribution >= 4 is 47.8 Å². The predicted molar refractivity (Wildman–Crippen MR) is 309 cm³/mol. The number of hydrogen-bond donors (Lipinski definition) is 0. The van der Waals surface area contributed by atoms with E-state index >= 15 is 0 Å². The number of hydrogen-bond acceptors (Lipinski definition) is 28. The fourth-order valence-corrected chi connectivity index (χ4v) is 11.5. The van der Waals surface area contributed by atoms with Crippen LogP contribution in [0.25, 0.3) is 0 Å². The summed E-state index contributed by atoms with van der Waals surface area (Å²) in [6.07, 6.45) is -19.2. The van der Waals surface area contributed by atoms with Gasteiger partial charge in [0, 0.05) is 60.4 Å². The maximum atomic E-state index is 13.9. The normalized spacial score (nSPS) is 31.2. The van der Waals surface area contributed by atoms with Crippen LogP contribution in [0.1, 0.15) is 128 Å². The molecule has 4 saturated heterocycles. The van der Waals surface area contributed by atoms with Crippen molar-refractivity contribution in [2.75, 3.05) is 0 Å². The summed E-state index contributed by atoms with van der Waals surface area (Å²) in [6, 6.07) is 16.7. The first-order valence-corrected chi connectivity index (χ1v) is 30.4. The third-order valence-electron chi connectivity index (χ3n) is 15.6. The molecule has 30 heteroatoms. The molecule has 0 bridgehead atoms. The molecule has 20 atom stereocenters. The molecule has 92 heavy (non-hydrogen) atoms. The van der Waals surface area contributed by atoms with Crippen molar-refractivity contribution < 1.29 is 114 Å². The molecular weight excluding hydrogens is 1210 g/mol. The van der Waals surface area contributed by atoms with Crippen molar-refractivity contribution in [3.63, 3.8) is 0 Å². The Morgan fingerprint density at radius 1 is 0.413 bits per heavy atom. The Hall–Kier alpha value is -7.84. The molecule has 4 aromatic rings. The van der Waals surface area contributed by atoms with Crippen LogP contribution in [0.15, 0.2) is 73.1 Å². The van der Waals surface area contributed by atoms with E-state index in [2.05, 4.69) is 20.6 Å². The zero-order valence-corrected chi connectivity index (χ0v) is 53.2. The van der Waals surface area contributed by atoms with Gasteiger partial charge in [0.1, 0.15) is 48.0 Å². The maximum absolute atomic E-state index is 13.9. The van der Waals surface area contributed by atoms with E-state index in [9.17, 15) is 38.4 Å². The topological polar surface area (TPSA) is 346 Å². The van der Waals surface area contributed by atoms with Crippen molar-refractivity contribution in [3.05, 3.63) is 95.6 Å². The summed E-state index contributed by atoms with van der Waals surface area (Å²) >= 11 is 0. The number of carbonyl (C=O) groups is 8. The third-order valence-corrected chi connectivity index (χ3v) is 15.6. The largest absolute Gasteiger partial charge is 0.459 e. The second-order valence-corrected chi connectivity index (χ2v) is 22.7. The van der Waals surface area contributed by atoms with Crippen LogP contribution in [0.5, 0.6) is 0 Å². The highest BCUT2D eigenvalue weighted by molar-refractivity contribution is 5.90. The van der Waals surface area contributed by atoms with Crippen molar-refractivity contribution in [2.45, 2.75) is 226 Å². The standard InChI is InChI=1S/C62H80N6O24/c1-13-43-49(91-61-56(84-38(11)74)54(82-36(9)72)51(45(15-3)87-61)92-62-55(83-37(10)73)53(81-35(8)71)50(80-34(7)70)44(14-2)86-62)47(79-33(6)69)31(4)59(85-43)78-30-42-27-68(66-64-42)28-46-52(90-58(76)40-24-20-17-21-25-40)48(89-57(75)39-22-18-16-19-23-39)32(5)60(88-46)77-29-41-26-67(12)65-63-41/h16-27,31-32,43-56,59-62H,13-15,28-30H2,1-12H3/t31?,32-,43?,44?,45?,46+,47-,48+,49-,50-,51-,52+,53+,54+,55?,56?,59-,60-,61-,62-/m1/s1. The van der Waals surface area contributed by atoms with Gasteiger partial charge >= 0.3 is 47.8 Å². The average molecular weight is 1290 g/mol. The summed E-state index contributed by atoms with van der Waals surface area (Å²) in [7, 11) is 1.71. The summed E-state index contributed by atoms with van der Waals surface area (Å²) in [5.74, 6) is -7.68. The summed E-state index contributed by atoms with van der Waals surface area (Å²) in [4.78, 5) is 105. The molecule has 4 aliphatic rings. The molecule has 6 unspecified atom stereocenters. The van der Waals surface area contributed by atoms with Gasteiger partial charge in [-0.3, -0.25) is 33.4 Å². The van der Waals surface area contributed by atoms with Crippen LogP contribution in [0.4, 0.5) is 0 Å². The Labute approximate surface area is 530 Å². The van der Waals surface area contributed by atoms with E-state index in [0.29, 0.717) is 11.4 Å². The van der Waals surface area contributed by atoms with Crippen LogP contribution in [0, 0.1) is 11.8 Å². The van der Waals surface area contributed by atoms with Crippen LogP contribution in [0.2, 0.25) is 0 Å². The third kappa shape index (κ3) is 17.8. The van der Waals surface area contributed by atoms with Gasteiger partial charge in [0.25, 0.3) is 0 Å². The quantitative estimate of drug-likeness (QED) is 0.0657. The summed E-state index contributed by atoms with van der Waals surface area (Å²) in [5.41, 5.74) is 1.30. The number of carbonyl (C=O) groups excluding carboxylic acids is 8. The lowest BCUT2D eigenvalue weighted by molar-refractivity contribution is -0.374. The minimum absolute atomic E-state index is 0.0294. The SMILES string of the molecule is CCC1O[C@@H](OCc2cn(C[C@@H]3O[C@@H](OCc4cn(C)nn4)[C@H](C)[C@H](OC(=O)c4ccccc4)[C@H]3OC(=O)c3ccccc3)nn2)C(C)[C@@H](OC(C)=O)[C@@H]1O[C@H]1OC(CC)[C@@H](O[C@H]2OC(CC)[C@@H](OC(C)=O)[C@H](OC(C)=O)C2OC(C)=O)[C@H](OC(C)=O)C1OC(C)=O. The highest BCUT2D eigenvalue weighted by Gasteiger charge is 2.59. The Bertz CT molecular complexity index is 3150. The van der Waals surface area contributed by atoms with E-state index in [1.54, 1.807) is 115 Å². The molecule has 0 saturated carbocycles.